The number of hydrazone groups is 1. The van der Waals surface area contributed by atoms with Crippen LogP contribution in [0.2, 0.25) is 0 Å². The highest BCUT2D eigenvalue weighted by Gasteiger charge is 2.16. The molecule has 0 fully saturated rings. The van der Waals surface area contributed by atoms with Crippen molar-refractivity contribution in [3.05, 3.63) is 52.1 Å². The molecule has 0 aliphatic carbocycles. The number of ether oxygens (including phenoxy) is 2. The van der Waals surface area contributed by atoms with Crippen molar-refractivity contribution in [2.75, 3.05) is 6.79 Å². The molecule has 1 aliphatic rings. The Morgan fingerprint density at radius 2 is 2.16 bits per heavy atom. The normalized spacial score (nSPS) is 12.7. The first-order valence-electron chi connectivity index (χ1n) is 7.23. The van der Waals surface area contributed by atoms with Crippen molar-refractivity contribution in [3.8, 4) is 22.8 Å². The molecule has 0 bridgehead atoms. The monoisotopic (exact) mass is 358 g/mol. The average Bonchev–Trinajstić information content (AvgIpc) is 3.34. The fourth-order valence-electron chi connectivity index (χ4n) is 2.25. The largest absolute Gasteiger partial charge is 0.454 e. The van der Waals surface area contributed by atoms with Crippen LogP contribution in [0.4, 0.5) is 4.39 Å². The third kappa shape index (κ3) is 3.22. The molecule has 0 saturated heterocycles. The van der Waals surface area contributed by atoms with E-state index in [-0.39, 0.29) is 17.6 Å². The molecule has 1 aromatic carbocycles. The minimum absolute atomic E-state index is 0.194. The Hall–Kier alpha value is -3.20. The van der Waals surface area contributed by atoms with Crippen molar-refractivity contribution in [1.29, 1.82) is 0 Å². The van der Waals surface area contributed by atoms with E-state index >= 15 is 0 Å². The number of benzene rings is 1. The van der Waals surface area contributed by atoms with E-state index in [2.05, 4.69) is 20.7 Å². The molecule has 2 N–H and O–H groups in total. The predicted molar refractivity (Wildman–Crippen MR) is 89.5 cm³/mol. The Balaban J connectivity index is 1.45. The second-order valence-electron chi connectivity index (χ2n) is 5.08. The molecule has 7 nitrogen and oxygen atoms in total. The van der Waals surface area contributed by atoms with Crippen LogP contribution in [0.15, 0.2) is 41.5 Å². The standard InChI is InChI=1S/C16H11FN4O3S/c17-15-4-2-10(25-15)7-18-21-16(22)12-6-11(19-20-12)9-1-3-13-14(5-9)24-8-23-13/h1-7H,8H2,(H,19,20)(H,21,22)/b18-7-. The Labute approximate surface area is 145 Å². The lowest BCUT2D eigenvalue weighted by Gasteiger charge is -1.98. The lowest BCUT2D eigenvalue weighted by Crippen LogP contribution is -2.17. The second kappa shape index (κ2) is 6.36. The van der Waals surface area contributed by atoms with Gasteiger partial charge >= 0.3 is 0 Å². The number of nitrogens with zero attached hydrogens (tertiary/aromatic N) is 2. The third-order valence-corrected chi connectivity index (χ3v) is 4.25. The van der Waals surface area contributed by atoms with Gasteiger partial charge in [-0.1, -0.05) is 0 Å². The number of aromatic nitrogens is 2. The minimum atomic E-state index is -0.451. The van der Waals surface area contributed by atoms with Gasteiger partial charge in [-0.15, -0.1) is 11.3 Å². The zero-order valence-electron chi connectivity index (χ0n) is 12.7. The zero-order chi connectivity index (χ0) is 17.2. The topological polar surface area (TPSA) is 88.6 Å². The van der Waals surface area contributed by atoms with Crippen LogP contribution in [0.3, 0.4) is 0 Å². The van der Waals surface area contributed by atoms with E-state index in [4.69, 9.17) is 9.47 Å². The van der Waals surface area contributed by atoms with Gasteiger partial charge in [0, 0.05) is 5.56 Å². The molecule has 0 unspecified atom stereocenters. The molecule has 25 heavy (non-hydrogen) atoms. The number of H-pyrrole nitrogens is 1. The van der Waals surface area contributed by atoms with Crippen LogP contribution < -0.4 is 14.9 Å². The van der Waals surface area contributed by atoms with Crippen LogP contribution in [0.1, 0.15) is 15.4 Å². The number of aromatic amines is 1. The van der Waals surface area contributed by atoms with E-state index in [1.165, 1.54) is 12.3 Å². The summed E-state index contributed by atoms with van der Waals surface area (Å²) in [6.07, 6.45) is 1.38. The van der Waals surface area contributed by atoms with Gasteiger partial charge in [-0.05, 0) is 36.4 Å². The van der Waals surface area contributed by atoms with E-state index in [9.17, 15) is 9.18 Å². The first-order chi connectivity index (χ1) is 12.2. The number of thiophene rings is 1. The van der Waals surface area contributed by atoms with E-state index < -0.39 is 5.91 Å². The molecule has 9 heteroatoms. The van der Waals surface area contributed by atoms with Crippen LogP contribution in [-0.4, -0.2) is 29.1 Å². The first-order valence-corrected chi connectivity index (χ1v) is 8.05. The lowest BCUT2D eigenvalue weighted by atomic mass is 10.1. The van der Waals surface area contributed by atoms with Crippen molar-refractivity contribution in [2.24, 2.45) is 5.10 Å². The molecule has 3 heterocycles. The summed E-state index contributed by atoms with van der Waals surface area (Å²) in [5.41, 5.74) is 3.99. The van der Waals surface area contributed by atoms with Gasteiger partial charge in [-0.25, -0.2) is 5.43 Å². The van der Waals surface area contributed by atoms with Crippen LogP contribution in [-0.2, 0) is 0 Å². The van der Waals surface area contributed by atoms with Gasteiger partial charge in [-0.3, -0.25) is 9.89 Å². The number of rotatable bonds is 4. The summed E-state index contributed by atoms with van der Waals surface area (Å²) in [6.45, 7) is 0.194. The van der Waals surface area contributed by atoms with Gasteiger partial charge in [0.15, 0.2) is 16.6 Å². The number of carbonyl (C=O) groups excluding carboxylic acids is 1. The van der Waals surface area contributed by atoms with Gasteiger partial charge in [0.25, 0.3) is 5.91 Å². The summed E-state index contributed by atoms with van der Waals surface area (Å²) >= 11 is 0.937. The van der Waals surface area contributed by atoms with E-state index in [1.54, 1.807) is 24.3 Å². The molecule has 0 atom stereocenters. The lowest BCUT2D eigenvalue weighted by molar-refractivity contribution is 0.0950. The van der Waals surface area contributed by atoms with E-state index in [0.29, 0.717) is 22.1 Å². The summed E-state index contributed by atoms with van der Waals surface area (Å²) in [7, 11) is 0. The van der Waals surface area contributed by atoms with Crippen molar-refractivity contribution < 1.29 is 18.7 Å². The summed E-state index contributed by atoms with van der Waals surface area (Å²) in [6, 6.07) is 9.92. The molecule has 1 aliphatic heterocycles. The van der Waals surface area contributed by atoms with Gasteiger partial charge in [-0.2, -0.15) is 14.6 Å². The van der Waals surface area contributed by atoms with Crippen molar-refractivity contribution in [1.82, 2.24) is 15.6 Å². The molecule has 0 spiro atoms. The molecule has 126 valence electrons. The molecule has 3 aromatic rings. The minimum Gasteiger partial charge on any atom is -0.454 e. The molecular weight excluding hydrogens is 347 g/mol. The number of hydrogen-bond acceptors (Lipinski definition) is 6. The molecule has 0 radical (unpaired) electrons. The van der Waals surface area contributed by atoms with E-state index in [0.717, 1.165) is 16.9 Å². The molecule has 1 amide bonds. The van der Waals surface area contributed by atoms with Gasteiger partial charge in [0.2, 0.25) is 6.79 Å². The molecule has 0 saturated carbocycles. The summed E-state index contributed by atoms with van der Waals surface area (Å²) in [4.78, 5) is 12.7. The third-order valence-electron chi connectivity index (χ3n) is 3.44. The van der Waals surface area contributed by atoms with Gasteiger partial charge < -0.3 is 9.47 Å². The van der Waals surface area contributed by atoms with Crippen molar-refractivity contribution >= 4 is 23.5 Å². The number of nitrogens with one attached hydrogen (secondary N) is 2. The summed E-state index contributed by atoms with van der Waals surface area (Å²) in [5.74, 6) is 0.864. The number of fused-ring (bicyclic) bond motifs is 1. The van der Waals surface area contributed by atoms with Gasteiger partial charge in [0.1, 0.15) is 5.69 Å². The number of amides is 1. The molecule has 4 rings (SSSR count). The van der Waals surface area contributed by atoms with Crippen molar-refractivity contribution in [2.45, 2.75) is 0 Å². The fraction of sp³-hybridized carbons (Fsp3) is 0.0625. The van der Waals surface area contributed by atoms with Crippen LogP contribution in [0, 0.1) is 5.13 Å². The van der Waals surface area contributed by atoms with Gasteiger partial charge in [0.05, 0.1) is 16.8 Å². The van der Waals surface area contributed by atoms with E-state index in [1.807, 2.05) is 6.07 Å². The smallest absolute Gasteiger partial charge is 0.289 e. The number of carbonyl (C=O) groups is 1. The zero-order valence-corrected chi connectivity index (χ0v) is 13.5. The Bertz CT molecular complexity index is 966. The second-order valence-corrected chi connectivity index (χ2v) is 6.14. The predicted octanol–water partition coefficient (Wildman–Crippen LogP) is 2.77. The fourth-order valence-corrected chi connectivity index (χ4v) is 2.86. The molecule has 2 aromatic heterocycles. The maximum atomic E-state index is 12.9. The first kappa shape index (κ1) is 15.3. The maximum absolute atomic E-state index is 12.9. The Morgan fingerprint density at radius 3 is 3.00 bits per heavy atom. The SMILES string of the molecule is O=C(N/N=C\c1ccc(F)s1)c1cc(-c2ccc3c(c2)OCO3)n[nH]1. The van der Waals surface area contributed by atoms with Crippen molar-refractivity contribution in [3.63, 3.8) is 0 Å². The highest BCUT2D eigenvalue weighted by atomic mass is 32.1. The van der Waals surface area contributed by atoms with Crippen LogP contribution in [0.5, 0.6) is 11.5 Å². The summed E-state index contributed by atoms with van der Waals surface area (Å²) in [5, 5.41) is 10.3. The Kier molecular flexibility index (Phi) is 3.90. The van der Waals surface area contributed by atoms with Crippen LogP contribution in [0.25, 0.3) is 11.3 Å². The molecular formula is C16H11FN4O3S. The average molecular weight is 358 g/mol. The Morgan fingerprint density at radius 1 is 1.28 bits per heavy atom. The summed E-state index contributed by atoms with van der Waals surface area (Å²) < 4.78 is 23.5. The number of hydrogen-bond donors (Lipinski definition) is 2. The van der Waals surface area contributed by atoms with Crippen LogP contribution >= 0.6 is 11.3 Å². The number of halogens is 1. The highest BCUT2D eigenvalue weighted by Crippen LogP contribution is 2.35. The maximum Gasteiger partial charge on any atom is 0.289 e. The quantitative estimate of drug-likeness (QED) is 0.554. The highest BCUT2D eigenvalue weighted by molar-refractivity contribution is 7.12.